The van der Waals surface area contributed by atoms with Crippen LogP contribution in [0, 0.1) is 5.82 Å². The van der Waals surface area contributed by atoms with E-state index in [9.17, 15) is 9.18 Å². The number of carbonyl (C=O) groups excluding carboxylic acids is 1. The summed E-state index contributed by atoms with van der Waals surface area (Å²) < 4.78 is 13.4. The molecule has 0 fully saturated rings. The zero-order valence-electron chi connectivity index (χ0n) is 9.46. The van der Waals surface area contributed by atoms with Gasteiger partial charge in [0.1, 0.15) is 11.6 Å². The van der Waals surface area contributed by atoms with Gasteiger partial charge in [-0.25, -0.2) is 4.39 Å². The smallest absolute Gasteiger partial charge is 0.138 e. The maximum Gasteiger partial charge on any atom is 0.138 e. The van der Waals surface area contributed by atoms with Crippen LogP contribution in [0.4, 0.5) is 4.39 Å². The van der Waals surface area contributed by atoms with Crippen molar-refractivity contribution in [3.05, 3.63) is 34.1 Å². The predicted molar refractivity (Wildman–Crippen MR) is 66.0 cm³/mol. The Kier molecular flexibility index (Phi) is 5.09. The first kappa shape index (κ1) is 13.3. The molecule has 16 heavy (non-hydrogen) atoms. The van der Waals surface area contributed by atoms with Gasteiger partial charge in [0.05, 0.1) is 4.47 Å². The quantitative estimate of drug-likeness (QED) is 0.830. The van der Waals surface area contributed by atoms with Gasteiger partial charge in [-0.15, -0.1) is 0 Å². The van der Waals surface area contributed by atoms with Gasteiger partial charge in [-0.2, -0.15) is 0 Å². The Bertz CT molecular complexity index is 379. The average molecular weight is 288 g/mol. The van der Waals surface area contributed by atoms with E-state index in [1.54, 1.807) is 12.1 Å². The summed E-state index contributed by atoms with van der Waals surface area (Å²) in [6.07, 6.45) is 0.898. The predicted octanol–water partition coefficient (Wildman–Crippen LogP) is 2.65. The van der Waals surface area contributed by atoms with Crippen molar-refractivity contribution in [1.29, 1.82) is 0 Å². The van der Waals surface area contributed by atoms with Crippen molar-refractivity contribution in [2.75, 3.05) is 20.6 Å². The van der Waals surface area contributed by atoms with Crippen LogP contribution in [0.15, 0.2) is 22.7 Å². The fraction of sp³-hybridized carbons (Fsp3) is 0.417. The number of benzene rings is 1. The zero-order chi connectivity index (χ0) is 12.1. The summed E-state index contributed by atoms with van der Waals surface area (Å²) >= 11 is 3.10. The molecule has 88 valence electrons. The summed E-state index contributed by atoms with van der Waals surface area (Å²) in [5.74, 6) is -0.128. The number of carbonyl (C=O) groups is 1. The summed E-state index contributed by atoms with van der Waals surface area (Å²) in [6, 6.07) is 4.68. The molecule has 0 aromatic heterocycles. The summed E-state index contributed by atoms with van der Waals surface area (Å²) in [5.41, 5.74) is 0.844. The molecule has 0 radical (unpaired) electrons. The van der Waals surface area contributed by atoms with Gasteiger partial charge in [0.25, 0.3) is 0 Å². The van der Waals surface area contributed by atoms with Gasteiger partial charge in [0.15, 0.2) is 0 Å². The molecule has 2 nitrogen and oxygen atoms in total. The van der Waals surface area contributed by atoms with Crippen LogP contribution < -0.4 is 0 Å². The van der Waals surface area contributed by atoms with Gasteiger partial charge in [-0.05, 0) is 47.7 Å². The first-order valence-electron chi connectivity index (χ1n) is 5.09. The van der Waals surface area contributed by atoms with Gasteiger partial charge in [-0.3, -0.25) is 4.79 Å². The second-order valence-corrected chi connectivity index (χ2v) is 4.87. The van der Waals surface area contributed by atoms with Crippen LogP contribution in [0.2, 0.25) is 0 Å². The highest BCUT2D eigenvalue weighted by molar-refractivity contribution is 9.10. The Balaban J connectivity index is 2.53. The summed E-state index contributed by atoms with van der Waals surface area (Å²) in [4.78, 5) is 13.5. The molecule has 1 rings (SSSR count). The van der Waals surface area contributed by atoms with Crippen molar-refractivity contribution in [3.8, 4) is 0 Å². The number of rotatable bonds is 5. The van der Waals surface area contributed by atoms with E-state index < -0.39 is 0 Å². The molecule has 0 atom stereocenters. The minimum atomic E-state index is -0.301. The lowest BCUT2D eigenvalue weighted by Crippen LogP contribution is -2.17. The van der Waals surface area contributed by atoms with Crippen LogP contribution in [0.25, 0.3) is 0 Å². The van der Waals surface area contributed by atoms with Crippen LogP contribution in [-0.4, -0.2) is 31.3 Å². The number of halogens is 2. The number of Topliss-reactive ketones (excluding diaryl/α,β-unsaturated/α-hetero) is 1. The van der Waals surface area contributed by atoms with Gasteiger partial charge in [0, 0.05) is 19.4 Å². The average Bonchev–Trinajstić information content (AvgIpc) is 2.21. The summed E-state index contributed by atoms with van der Waals surface area (Å²) in [5, 5.41) is 0. The standard InChI is InChI=1S/C12H15BrFNO/c1-15(2)6-5-10(16)7-9-3-4-12(14)11(13)8-9/h3-4,8H,5-7H2,1-2H3. The topological polar surface area (TPSA) is 20.3 Å². The lowest BCUT2D eigenvalue weighted by atomic mass is 10.1. The zero-order valence-corrected chi connectivity index (χ0v) is 11.1. The number of hydrogen-bond acceptors (Lipinski definition) is 2. The molecule has 1 aromatic carbocycles. The second-order valence-electron chi connectivity index (χ2n) is 4.02. The van der Waals surface area contributed by atoms with Gasteiger partial charge < -0.3 is 4.90 Å². The fourth-order valence-corrected chi connectivity index (χ4v) is 1.74. The normalized spacial score (nSPS) is 10.8. The third-order valence-electron chi connectivity index (χ3n) is 2.22. The summed E-state index contributed by atoms with van der Waals surface area (Å²) in [6.45, 7) is 0.751. The fourth-order valence-electron chi connectivity index (χ4n) is 1.31. The van der Waals surface area contributed by atoms with Crippen molar-refractivity contribution < 1.29 is 9.18 Å². The second kappa shape index (κ2) is 6.11. The van der Waals surface area contributed by atoms with Gasteiger partial charge in [0.2, 0.25) is 0 Å². The maximum atomic E-state index is 13.0. The lowest BCUT2D eigenvalue weighted by Gasteiger charge is -2.08. The van der Waals surface area contributed by atoms with Gasteiger partial charge >= 0.3 is 0 Å². The monoisotopic (exact) mass is 287 g/mol. The molecule has 4 heteroatoms. The van der Waals surface area contributed by atoms with Crippen LogP contribution in [0.3, 0.4) is 0 Å². The Morgan fingerprint density at radius 1 is 1.44 bits per heavy atom. The molecule has 0 unspecified atom stereocenters. The SMILES string of the molecule is CN(C)CCC(=O)Cc1ccc(F)c(Br)c1. The van der Waals surface area contributed by atoms with Crippen LogP contribution in [0.1, 0.15) is 12.0 Å². The van der Waals surface area contributed by atoms with Crippen LogP contribution >= 0.6 is 15.9 Å². The number of hydrogen-bond donors (Lipinski definition) is 0. The highest BCUT2D eigenvalue weighted by Gasteiger charge is 2.06. The molecule has 1 aromatic rings. The minimum Gasteiger partial charge on any atom is -0.309 e. The molecular formula is C12H15BrFNO. The molecule has 0 bridgehead atoms. The van der Waals surface area contributed by atoms with Crippen molar-refractivity contribution in [1.82, 2.24) is 4.90 Å². The minimum absolute atomic E-state index is 0.173. The number of ketones is 1. The molecule has 0 spiro atoms. The molecule has 0 aliphatic rings. The van der Waals surface area contributed by atoms with E-state index in [0.717, 1.165) is 12.1 Å². The van der Waals surface area contributed by atoms with Crippen molar-refractivity contribution in [3.63, 3.8) is 0 Å². The molecule has 0 N–H and O–H groups in total. The van der Waals surface area contributed by atoms with Crippen LogP contribution in [-0.2, 0) is 11.2 Å². The van der Waals surface area contributed by atoms with Crippen LogP contribution in [0.5, 0.6) is 0 Å². The lowest BCUT2D eigenvalue weighted by molar-refractivity contribution is -0.118. The molecule has 0 saturated heterocycles. The van der Waals surface area contributed by atoms with E-state index in [-0.39, 0.29) is 11.6 Å². The van der Waals surface area contributed by atoms with E-state index in [1.807, 2.05) is 19.0 Å². The summed E-state index contributed by atoms with van der Waals surface area (Å²) in [7, 11) is 3.86. The Labute approximate surface area is 104 Å². The molecular weight excluding hydrogens is 273 g/mol. The largest absolute Gasteiger partial charge is 0.309 e. The Morgan fingerprint density at radius 2 is 2.12 bits per heavy atom. The molecule has 0 heterocycles. The molecule has 0 saturated carbocycles. The van der Waals surface area contributed by atoms with E-state index in [1.165, 1.54) is 6.07 Å². The molecule has 0 aliphatic carbocycles. The van der Waals surface area contributed by atoms with Gasteiger partial charge in [-0.1, -0.05) is 6.07 Å². The van der Waals surface area contributed by atoms with E-state index >= 15 is 0 Å². The Morgan fingerprint density at radius 3 is 2.69 bits per heavy atom. The first-order chi connectivity index (χ1) is 7.49. The highest BCUT2D eigenvalue weighted by Crippen LogP contribution is 2.17. The first-order valence-corrected chi connectivity index (χ1v) is 5.88. The van der Waals surface area contributed by atoms with Crippen molar-refractivity contribution in [2.24, 2.45) is 0 Å². The third kappa shape index (κ3) is 4.41. The van der Waals surface area contributed by atoms with E-state index in [4.69, 9.17) is 0 Å². The maximum absolute atomic E-state index is 13.0. The number of nitrogens with zero attached hydrogens (tertiary/aromatic N) is 1. The molecule has 0 aliphatic heterocycles. The van der Waals surface area contributed by atoms with Crippen molar-refractivity contribution >= 4 is 21.7 Å². The Hall–Kier alpha value is -0.740. The third-order valence-corrected chi connectivity index (χ3v) is 2.83. The van der Waals surface area contributed by atoms with E-state index in [2.05, 4.69) is 15.9 Å². The highest BCUT2D eigenvalue weighted by atomic mass is 79.9. The van der Waals surface area contributed by atoms with E-state index in [0.29, 0.717) is 17.3 Å². The van der Waals surface area contributed by atoms with Crippen molar-refractivity contribution in [2.45, 2.75) is 12.8 Å². The molecule has 0 amide bonds.